The van der Waals surface area contributed by atoms with Crippen LogP contribution >= 0.6 is 0 Å². The molecular weight excluding hydrogens is 420 g/mol. The summed E-state index contributed by atoms with van der Waals surface area (Å²) < 4.78 is 15.8. The summed E-state index contributed by atoms with van der Waals surface area (Å²) >= 11 is 0. The second kappa shape index (κ2) is 13.2. The van der Waals surface area contributed by atoms with Crippen LogP contribution in [0.2, 0.25) is 0 Å². The first-order valence-electron chi connectivity index (χ1n) is 11.3. The summed E-state index contributed by atoms with van der Waals surface area (Å²) in [6.07, 6.45) is 7.09. The molecule has 2 rings (SSSR count). The summed E-state index contributed by atoms with van der Waals surface area (Å²) in [7, 11) is 0. The maximum atomic E-state index is 12.3. The predicted octanol–water partition coefficient (Wildman–Crippen LogP) is 6.14. The van der Waals surface area contributed by atoms with Crippen LogP contribution in [0, 0.1) is 0 Å². The zero-order chi connectivity index (χ0) is 24.2. The normalized spacial score (nSPS) is 12.1. The molecule has 1 atom stereocenters. The molecule has 0 fully saturated rings. The van der Waals surface area contributed by atoms with E-state index < -0.39 is 11.9 Å². The zero-order valence-electron chi connectivity index (χ0n) is 19.8. The first kappa shape index (κ1) is 25.8. The van der Waals surface area contributed by atoms with Gasteiger partial charge in [-0.1, -0.05) is 38.3 Å². The molecule has 0 heterocycles. The fourth-order valence-electron chi connectivity index (χ4n) is 3.13. The Morgan fingerprint density at radius 2 is 1.45 bits per heavy atom. The van der Waals surface area contributed by atoms with Crippen molar-refractivity contribution in [3.8, 4) is 11.5 Å². The topological polar surface area (TPSA) is 78.9 Å². The number of hydrogen-bond acceptors (Lipinski definition) is 6. The molecule has 0 aliphatic carbocycles. The maximum absolute atomic E-state index is 12.3. The lowest BCUT2D eigenvalue weighted by atomic mass is 10.1. The minimum atomic E-state index is -0.527. The molecule has 0 saturated carbocycles. The van der Waals surface area contributed by atoms with Gasteiger partial charge in [-0.05, 0) is 74.7 Å². The molecule has 0 aliphatic heterocycles. The smallest absolute Gasteiger partial charge is 0.343 e. The molecule has 0 aromatic heterocycles. The molecule has 176 valence electrons. The highest BCUT2D eigenvalue weighted by atomic mass is 16.5. The van der Waals surface area contributed by atoms with Crippen LogP contribution in [0.4, 0.5) is 0 Å². The van der Waals surface area contributed by atoms with E-state index in [0.29, 0.717) is 22.6 Å². The Morgan fingerprint density at radius 3 is 2.06 bits per heavy atom. The molecule has 6 nitrogen and oxygen atoms in total. The first-order chi connectivity index (χ1) is 15.8. The number of ether oxygens (including phenoxy) is 3. The lowest BCUT2D eigenvalue weighted by molar-refractivity contribution is -0.143. The van der Waals surface area contributed by atoms with Gasteiger partial charge in [-0.3, -0.25) is 4.79 Å². The van der Waals surface area contributed by atoms with Crippen molar-refractivity contribution in [2.24, 2.45) is 0 Å². The first-order valence-corrected chi connectivity index (χ1v) is 11.3. The second-order valence-corrected chi connectivity index (χ2v) is 7.97. The van der Waals surface area contributed by atoms with E-state index in [1.807, 2.05) is 6.92 Å². The van der Waals surface area contributed by atoms with Crippen molar-refractivity contribution in [2.45, 2.75) is 65.9 Å². The highest BCUT2D eigenvalue weighted by Crippen LogP contribution is 2.19. The van der Waals surface area contributed by atoms with E-state index in [0.717, 1.165) is 24.8 Å². The number of hydrogen-bond donors (Lipinski definition) is 0. The summed E-state index contributed by atoms with van der Waals surface area (Å²) in [4.78, 5) is 35.6. The van der Waals surface area contributed by atoms with Crippen LogP contribution in [0.1, 0.15) is 75.7 Å². The minimum absolute atomic E-state index is 0.109. The lowest BCUT2D eigenvalue weighted by Gasteiger charge is -2.13. The molecule has 0 aliphatic rings. The third-order valence-corrected chi connectivity index (χ3v) is 4.92. The third-order valence-electron chi connectivity index (χ3n) is 4.92. The number of carbonyl (C=O) groups is 3. The number of rotatable bonds is 11. The highest BCUT2D eigenvalue weighted by molar-refractivity contribution is 5.93. The molecule has 0 N–H and O–H groups in total. The van der Waals surface area contributed by atoms with Crippen LogP contribution in [-0.2, 0) is 14.3 Å². The minimum Gasteiger partial charge on any atom is -0.459 e. The Balaban J connectivity index is 1.89. The van der Waals surface area contributed by atoms with Crippen molar-refractivity contribution in [2.75, 3.05) is 0 Å². The van der Waals surface area contributed by atoms with Crippen LogP contribution in [0.5, 0.6) is 11.5 Å². The number of carbonyl (C=O) groups excluding carboxylic acids is 3. The second-order valence-electron chi connectivity index (χ2n) is 7.97. The van der Waals surface area contributed by atoms with Crippen LogP contribution < -0.4 is 9.47 Å². The average Bonchev–Trinajstić information content (AvgIpc) is 2.78. The zero-order valence-corrected chi connectivity index (χ0v) is 19.8. The van der Waals surface area contributed by atoms with Crippen molar-refractivity contribution in [3.63, 3.8) is 0 Å². The molecule has 6 heteroatoms. The Kier molecular flexibility index (Phi) is 10.3. The average molecular weight is 453 g/mol. The van der Waals surface area contributed by atoms with Crippen molar-refractivity contribution < 1.29 is 28.6 Å². The third kappa shape index (κ3) is 9.31. The van der Waals surface area contributed by atoms with Gasteiger partial charge in [0.1, 0.15) is 11.5 Å². The summed E-state index contributed by atoms with van der Waals surface area (Å²) in [5, 5.41) is 0. The van der Waals surface area contributed by atoms with Gasteiger partial charge in [0.25, 0.3) is 0 Å². The Hall–Kier alpha value is -3.41. The van der Waals surface area contributed by atoms with E-state index in [1.165, 1.54) is 44.0 Å². The van der Waals surface area contributed by atoms with Crippen LogP contribution in [0.15, 0.2) is 54.1 Å². The molecule has 33 heavy (non-hydrogen) atoms. The van der Waals surface area contributed by atoms with E-state index >= 15 is 0 Å². The van der Waals surface area contributed by atoms with E-state index in [2.05, 4.69) is 6.92 Å². The van der Waals surface area contributed by atoms with E-state index in [9.17, 15) is 14.4 Å². The molecule has 2 aromatic rings. The van der Waals surface area contributed by atoms with Crippen LogP contribution in [0.25, 0.3) is 6.08 Å². The molecule has 1 unspecified atom stereocenters. The number of benzene rings is 2. The van der Waals surface area contributed by atoms with Gasteiger partial charge in [0.2, 0.25) is 0 Å². The monoisotopic (exact) mass is 452 g/mol. The number of unbranched alkanes of at least 4 members (excludes halogenated alkanes) is 3. The van der Waals surface area contributed by atoms with Gasteiger partial charge >= 0.3 is 17.9 Å². The SMILES string of the molecule is CCCCCCC(C)OC(=O)C(C)=Cc1ccc(OC(=O)c2ccc(OC(C)=O)cc2)cc1. The van der Waals surface area contributed by atoms with Gasteiger partial charge in [0.15, 0.2) is 0 Å². The van der Waals surface area contributed by atoms with Crippen molar-refractivity contribution in [1.82, 2.24) is 0 Å². The molecular formula is C27H32O6. The molecule has 0 spiro atoms. The molecule has 0 radical (unpaired) electrons. The quantitative estimate of drug-likeness (QED) is 0.176. The van der Waals surface area contributed by atoms with E-state index in [4.69, 9.17) is 14.2 Å². The van der Waals surface area contributed by atoms with Crippen molar-refractivity contribution in [1.29, 1.82) is 0 Å². The molecule has 0 bridgehead atoms. The van der Waals surface area contributed by atoms with Crippen molar-refractivity contribution in [3.05, 3.63) is 65.2 Å². The van der Waals surface area contributed by atoms with Gasteiger partial charge in [-0.2, -0.15) is 0 Å². The fourth-order valence-corrected chi connectivity index (χ4v) is 3.13. The lowest BCUT2D eigenvalue weighted by Crippen LogP contribution is -2.15. The van der Waals surface area contributed by atoms with E-state index in [-0.39, 0.29) is 12.1 Å². The Labute approximate surface area is 195 Å². The molecule has 0 saturated heterocycles. The summed E-state index contributed by atoms with van der Waals surface area (Å²) in [5.74, 6) is -0.553. The van der Waals surface area contributed by atoms with Crippen LogP contribution in [0.3, 0.4) is 0 Å². The van der Waals surface area contributed by atoms with E-state index in [1.54, 1.807) is 37.3 Å². The van der Waals surface area contributed by atoms with Crippen molar-refractivity contribution >= 4 is 24.0 Å². The summed E-state index contributed by atoms with van der Waals surface area (Å²) in [5.41, 5.74) is 1.64. The molecule has 0 amide bonds. The largest absolute Gasteiger partial charge is 0.459 e. The number of esters is 3. The van der Waals surface area contributed by atoms with Crippen LogP contribution in [-0.4, -0.2) is 24.0 Å². The maximum Gasteiger partial charge on any atom is 0.343 e. The molecule has 2 aromatic carbocycles. The van der Waals surface area contributed by atoms with Gasteiger partial charge < -0.3 is 14.2 Å². The Morgan fingerprint density at radius 1 is 0.848 bits per heavy atom. The van der Waals surface area contributed by atoms with Gasteiger partial charge in [-0.15, -0.1) is 0 Å². The summed E-state index contributed by atoms with van der Waals surface area (Å²) in [6.45, 7) is 7.12. The predicted molar refractivity (Wildman–Crippen MR) is 127 cm³/mol. The highest BCUT2D eigenvalue weighted by Gasteiger charge is 2.12. The Bertz CT molecular complexity index is 957. The standard InChI is InChI=1S/C27H32O6/c1-5-6-7-8-9-20(3)31-26(29)19(2)18-22-10-14-25(15-11-22)33-27(30)23-12-16-24(17-13-23)32-21(4)28/h10-18,20H,5-9H2,1-4H3. The van der Waals surface area contributed by atoms with Gasteiger partial charge in [0, 0.05) is 12.5 Å². The van der Waals surface area contributed by atoms with Gasteiger partial charge in [-0.25, -0.2) is 9.59 Å². The fraction of sp³-hybridized carbons (Fsp3) is 0.370. The van der Waals surface area contributed by atoms with Gasteiger partial charge in [0.05, 0.1) is 11.7 Å². The summed E-state index contributed by atoms with van der Waals surface area (Å²) in [6, 6.07) is 12.9.